The van der Waals surface area contributed by atoms with Crippen LogP contribution in [0.2, 0.25) is 0 Å². The predicted molar refractivity (Wildman–Crippen MR) is 110 cm³/mol. The van der Waals surface area contributed by atoms with E-state index in [4.69, 9.17) is 18.9 Å². The van der Waals surface area contributed by atoms with Gasteiger partial charge in [-0.05, 0) is 43.3 Å². The number of hydrogen-bond acceptors (Lipinski definition) is 7. The number of rotatable bonds is 7. The zero-order chi connectivity index (χ0) is 21.5. The molecule has 0 fully saturated rings. The molecule has 1 aliphatic heterocycles. The van der Waals surface area contributed by atoms with Crippen LogP contribution in [0.5, 0.6) is 23.0 Å². The highest BCUT2D eigenvalue weighted by atomic mass is 16.6. The van der Waals surface area contributed by atoms with E-state index in [0.29, 0.717) is 47.5 Å². The number of hydrazone groups is 1. The summed E-state index contributed by atoms with van der Waals surface area (Å²) in [6, 6.07) is 10.2. The van der Waals surface area contributed by atoms with Crippen LogP contribution >= 0.6 is 0 Å². The molecule has 2 amide bonds. The smallest absolute Gasteiger partial charge is 0.259 e. The molecule has 2 N–H and O–H groups in total. The first-order valence-corrected chi connectivity index (χ1v) is 9.25. The SMILES string of the molecule is COc1ccc(C(=O)NCC(=O)N/N=C(\C)c2ccc3c(c2)OCCO3)cc1OC. The van der Waals surface area contributed by atoms with Gasteiger partial charge in [0.05, 0.1) is 26.5 Å². The zero-order valence-electron chi connectivity index (χ0n) is 17.0. The van der Waals surface area contributed by atoms with Crippen LogP contribution in [-0.4, -0.2) is 51.5 Å². The van der Waals surface area contributed by atoms with Crippen molar-refractivity contribution in [2.75, 3.05) is 34.0 Å². The summed E-state index contributed by atoms with van der Waals surface area (Å²) < 4.78 is 21.3. The van der Waals surface area contributed by atoms with Crippen LogP contribution in [0.1, 0.15) is 22.8 Å². The summed E-state index contributed by atoms with van der Waals surface area (Å²) >= 11 is 0. The second kappa shape index (κ2) is 9.64. The fourth-order valence-corrected chi connectivity index (χ4v) is 2.76. The van der Waals surface area contributed by atoms with E-state index < -0.39 is 11.8 Å². The fourth-order valence-electron chi connectivity index (χ4n) is 2.76. The van der Waals surface area contributed by atoms with E-state index >= 15 is 0 Å². The Labute approximate surface area is 174 Å². The molecule has 1 aliphatic rings. The highest BCUT2D eigenvalue weighted by Crippen LogP contribution is 2.31. The molecular formula is C21H23N3O6. The molecule has 0 saturated carbocycles. The van der Waals surface area contributed by atoms with Gasteiger partial charge in [0, 0.05) is 11.1 Å². The second-order valence-electron chi connectivity index (χ2n) is 6.34. The quantitative estimate of drug-likeness (QED) is 0.529. The highest BCUT2D eigenvalue weighted by molar-refractivity contribution is 6.00. The van der Waals surface area contributed by atoms with Gasteiger partial charge < -0.3 is 24.3 Å². The summed E-state index contributed by atoms with van der Waals surface area (Å²) in [5, 5.41) is 6.62. The third-order valence-electron chi connectivity index (χ3n) is 4.36. The number of nitrogens with zero attached hydrogens (tertiary/aromatic N) is 1. The maximum Gasteiger partial charge on any atom is 0.259 e. The van der Waals surface area contributed by atoms with Gasteiger partial charge >= 0.3 is 0 Å². The molecular weight excluding hydrogens is 390 g/mol. The number of ether oxygens (including phenoxy) is 4. The number of hydrogen-bond donors (Lipinski definition) is 2. The van der Waals surface area contributed by atoms with Crippen LogP contribution in [0.3, 0.4) is 0 Å². The summed E-state index contributed by atoms with van der Waals surface area (Å²) in [6.45, 7) is 2.53. The summed E-state index contributed by atoms with van der Waals surface area (Å²) in [6.07, 6.45) is 0. The van der Waals surface area contributed by atoms with Crippen LogP contribution in [0, 0.1) is 0 Å². The minimum absolute atomic E-state index is 0.231. The van der Waals surface area contributed by atoms with E-state index in [9.17, 15) is 9.59 Å². The summed E-state index contributed by atoms with van der Waals surface area (Å²) in [4.78, 5) is 24.3. The molecule has 0 atom stereocenters. The number of nitrogens with one attached hydrogen (secondary N) is 2. The van der Waals surface area contributed by atoms with Crippen LogP contribution in [-0.2, 0) is 4.79 Å². The molecule has 1 heterocycles. The highest BCUT2D eigenvalue weighted by Gasteiger charge is 2.14. The first-order valence-electron chi connectivity index (χ1n) is 9.25. The molecule has 158 valence electrons. The molecule has 2 aromatic rings. The normalized spacial score (nSPS) is 12.7. The molecule has 0 radical (unpaired) electrons. The largest absolute Gasteiger partial charge is 0.493 e. The first-order chi connectivity index (χ1) is 14.5. The van der Waals surface area contributed by atoms with Gasteiger partial charge in [-0.25, -0.2) is 5.43 Å². The third kappa shape index (κ3) is 4.99. The van der Waals surface area contributed by atoms with Crippen molar-refractivity contribution in [3.63, 3.8) is 0 Å². The Bertz CT molecular complexity index is 973. The van der Waals surface area contributed by atoms with E-state index in [1.165, 1.54) is 20.3 Å². The maximum absolute atomic E-state index is 12.3. The minimum atomic E-state index is -0.458. The topological polar surface area (TPSA) is 107 Å². The number of benzene rings is 2. The number of amides is 2. The average molecular weight is 413 g/mol. The van der Waals surface area contributed by atoms with Gasteiger partial charge in [-0.2, -0.15) is 5.10 Å². The van der Waals surface area contributed by atoms with Crippen molar-refractivity contribution in [3.05, 3.63) is 47.5 Å². The van der Waals surface area contributed by atoms with Gasteiger partial charge in [0.1, 0.15) is 13.2 Å². The van der Waals surface area contributed by atoms with Crippen LogP contribution in [0.25, 0.3) is 0 Å². The van der Waals surface area contributed by atoms with Gasteiger partial charge in [-0.3, -0.25) is 9.59 Å². The van der Waals surface area contributed by atoms with Crippen molar-refractivity contribution in [3.8, 4) is 23.0 Å². The lowest BCUT2D eigenvalue weighted by Crippen LogP contribution is -2.35. The molecule has 9 heteroatoms. The molecule has 0 saturated heterocycles. The van der Waals surface area contributed by atoms with Gasteiger partial charge in [0.15, 0.2) is 23.0 Å². The molecule has 0 unspecified atom stereocenters. The fraction of sp³-hybridized carbons (Fsp3) is 0.286. The Morgan fingerprint density at radius 3 is 2.40 bits per heavy atom. The number of fused-ring (bicyclic) bond motifs is 1. The van der Waals surface area contributed by atoms with E-state index in [0.717, 1.165) is 5.56 Å². The van der Waals surface area contributed by atoms with Crippen molar-refractivity contribution >= 4 is 17.5 Å². The average Bonchev–Trinajstić information content (AvgIpc) is 2.79. The van der Waals surface area contributed by atoms with E-state index in [1.54, 1.807) is 31.2 Å². The van der Waals surface area contributed by atoms with E-state index in [-0.39, 0.29) is 6.54 Å². The minimum Gasteiger partial charge on any atom is -0.493 e. The standard InChI is InChI=1S/C21H23N3O6/c1-13(14-4-7-17-19(10-14)30-9-8-29-17)23-24-20(25)12-22-21(26)15-5-6-16(27-2)18(11-15)28-3/h4-7,10-11H,8-9,12H2,1-3H3,(H,22,26)(H,24,25)/b23-13+. The van der Waals surface area contributed by atoms with Gasteiger partial charge in [-0.15, -0.1) is 0 Å². The lowest BCUT2D eigenvalue weighted by molar-refractivity contribution is -0.120. The summed E-state index contributed by atoms with van der Waals surface area (Å²) in [5.74, 6) is 1.38. The third-order valence-corrected chi connectivity index (χ3v) is 4.36. The molecule has 2 aromatic carbocycles. The van der Waals surface area contributed by atoms with Crippen LogP contribution < -0.4 is 29.7 Å². The summed E-state index contributed by atoms with van der Waals surface area (Å²) in [7, 11) is 2.99. The molecule has 0 bridgehead atoms. The Hall–Kier alpha value is -3.75. The predicted octanol–water partition coefficient (Wildman–Crippen LogP) is 1.75. The number of methoxy groups -OCH3 is 2. The van der Waals surface area contributed by atoms with Gasteiger partial charge in [0.25, 0.3) is 11.8 Å². The van der Waals surface area contributed by atoms with Gasteiger partial charge in [-0.1, -0.05) is 0 Å². The first kappa shape index (κ1) is 21.0. The molecule has 0 spiro atoms. The van der Waals surface area contributed by atoms with E-state index in [1.807, 2.05) is 6.07 Å². The van der Waals surface area contributed by atoms with Crippen molar-refractivity contribution in [2.24, 2.45) is 5.10 Å². The molecule has 0 aliphatic carbocycles. The molecule has 0 aromatic heterocycles. The van der Waals surface area contributed by atoms with Crippen molar-refractivity contribution < 1.29 is 28.5 Å². The van der Waals surface area contributed by atoms with Crippen molar-refractivity contribution in [2.45, 2.75) is 6.92 Å². The lowest BCUT2D eigenvalue weighted by Gasteiger charge is -2.18. The lowest BCUT2D eigenvalue weighted by atomic mass is 10.1. The number of carbonyl (C=O) groups excluding carboxylic acids is 2. The number of carbonyl (C=O) groups is 2. The van der Waals surface area contributed by atoms with Crippen molar-refractivity contribution in [1.82, 2.24) is 10.7 Å². The Morgan fingerprint density at radius 1 is 0.967 bits per heavy atom. The Balaban J connectivity index is 1.54. The van der Waals surface area contributed by atoms with Crippen LogP contribution in [0.4, 0.5) is 0 Å². The molecule has 3 rings (SSSR count). The second-order valence-corrected chi connectivity index (χ2v) is 6.34. The Kier molecular flexibility index (Phi) is 6.74. The van der Waals surface area contributed by atoms with Crippen molar-refractivity contribution in [1.29, 1.82) is 0 Å². The van der Waals surface area contributed by atoms with Gasteiger partial charge in [0.2, 0.25) is 0 Å². The molecule has 30 heavy (non-hydrogen) atoms. The zero-order valence-corrected chi connectivity index (χ0v) is 17.0. The Morgan fingerprint density at radius 2 is 1.67 bits per heavy atom. The van der Waals surface area contributed by atoms with Crippen LogP contribution in [0.15, 0.2) is 41.5 Å². The molecule has 9 nitrogen and oxygen atoms in total. The monoisotopic (exact) mass is 413 g/mol. The summed E-state index contributed by atoms with van der Waals surface area (Å²) in [5.41, 5.74) is 4.15. The van der Waals surface area contributed by atoms with E-state index in [2.05, 4.69) is 15.8 Å². The maximum atomic E-state index is 12.3.